The van der Waals surface area contributed by atoms with Crippen molar-refractivity contribution in [2.75, 3.05) is 0 Å². The third-order valence-corrected chi connectivity index (χ3v) is 5.83. The highest BCUT2D eigenvalue weighted by Gasteiger charge is 2.36. The number of nitrogens with two attached hydrogens (primary N) is 1. The molecule has 1 aliphatic rings. The van der Waals surface area contributed by atoms with Gasteiger partial charge in [-0.2, -0.15) is 0 Å². The number of hydrogen-bond donors (Lipinski definition) is 2. The van der Waals surface area contributed by atoms with Crippen molar-refractivity contribution in [2.24, 2.45) is 16.6 Å². The van der Waals surface area contributed by atoms with Crippen LogP contribution < -0.4 is 11.1 Å². The van der Waals surface area contributed by atoms with Gasteiger partial charge in [-0.15, -0.1) is 0 Å². The molecule has 0 saturated heterocycles. The lowest BCUT2D eigenvalue weighted by Crippen LogP contribution is -2.50. The Morgan fingerprint density at radius 3 is 2.64 bits per heavy atom. The molecule has 6 nitrogen and oxygen atoms in total. The summed E-state index contributed by atoms with van der Waals surface area (Å²) in [5, 5.41) is 3.42. The lowest BCUT2D eigenvalue weighted by atomic mass is 9.87. The van der Waals surface area contributed by atoms with E-state index in [9.17, 15) is 14.0 Å². The number of guanidine groups is 1. The summed E-state index contributed by atoms with van der Waals surface area (Å²) in [5.41, 5.74) is 7.01. The molecule has 0 radical (unpaired) electrons. The van der Waals surface area contributed by atoms with E-state index in [1.165, 1.54) is 17.0 Å². The Bertz CT molecular complexity index is 1090. The van der Waals surface area contributed by atoms with Crippen LogP contribution in [0.3, 0.4) is 0 Å². The highest BCUT2D eigenvalue weighted by Crippen LogP contribution is 2.30. The summed E-state index contributed by atoms with van der Waals surface area (Å²) in [6, 6.07) is 10.9. The molecular weight excluding hydrogens is 443 g/mol. The Labute approximate surface area is 199 Å². The van der Waals surface area contributed by atoms with Gasteiger partial charge in [0.25, 0.3) is 5.91 Å². The van der Waals surface area contributed by atoms with Crippen molar-refractivity contribution in [3.05, 3.63) is 70.0 Å². The quantitative estimate of drug-likeness (QED) is 0.605. The first-order valence-corrected chi connectivity index (χ1v) is 11.3. The van der Waals surface area contributed by atoms with Crippen LogP contribution in [-0.2, 0) is 11.3 Å². The fourth-order valence-electron chi connectivity index (χ4n) is 4.29. The summed E-state index contributed by atoms with van der Waals surface area (Å²) < 4.78 is 14.4. The van der Waals surface area contributed by atoms with E-state index in [1.54, 1.807) is 24.3 Å². The summed E-state index contributed by atoms with van der Waals surface area (Å²) >= 11 is 6.03. The standard InChI is InChI=1S/C25H30ClFN4O2/c1-15(2)12-25(4)13-22(32)31(24(28)30-25)14-17-8-19(11-21(27)9-17)23(33)29-16(3)18-6-5-7-20(26)10-18/h5-11,15-16H,12-14H2,1-4H3,(H2,28,30)(H,29,33). The van der Waals surface area contributed by atoms with E-state index < -0.39 is 17.3 Å². The van der Waals surface area contributed by atoms with Crippen LogP contribution in [-0.4, -0.2) is 28.2 Å². The van der Waals surface area contributed by atoms with Crippen molar-refractivity contribution in [2.45, 2.75) is 58.7 Å². The zero-order valence-electron chi connectivity index (χ0n) is 19.4. The van der Waals surface area contributed by atoms with Gasteiger partial charge in [0, 0.05) is 10.6 Å². The number of carbonyl (C=O) groups excluding carboxylic acids is 2. The van der Waals surface area contributed by atoms with E-state index >= 15 is 0 Å². The van der Waals surface area contributed by atoms with Gasteiger partial charge in [0.05, 0.1) is 24.5 Å². The van der Waals surface area contributed by atoms with Gasteiger partial charge in [0.1, 0.15) is 5.82 Å². The Hall–Kier alpha value is -2.93. The number of rotatable bonds is 7. The molecule has 0 aromatic heterocycles. The molecule has 2 aromatic carbocycles. The number of benzene rings is 2. The maximum atomic E-state index is 14.4. The second-order valence-electron chi connectivity index (χ2n) is 9.32. The van der Waals surface area contributed by atoms with E-state index in [0.717, 1.165) is 12.0 Å². The van der Waals surface area contributed by atoms with Crippen molar-refractivity contribution in [3.63, 3.8) is 0 Å². The summed E-state index contributed by atoms with van der Waals surface area (Å²) in [5.74, 6) is -0.698. The number of carbonyl (C=O) groups is 2. The predicted octanol–water partition coefficient (Wildman–Crippen LogP) is 4.82. The fraction of sp³-hybridized carbons (Fsp3) is 0.400. The first-order chi connectivity index (χ1) is 15.5. The first-order valence-electron chi connectivity index (χ1n) is 11.0. The zero-order chi connectivity index (χ0) is 24.3. The van der Waals surface area contributed by atoms with Gasteiger partial charge in [-0.25, -0.2) is 9.38 Å². The molecule has 3 N–H and O–H groups in total. The molecule has 0 aliphatic carbocycles. The van der Waals surface area contributed by atoms with Crippen LogP contribution >= 0.6 is 11.6 Å². The van der Waals surface area contributed by atoms with E-state index in [1.807, 2.05) is 19.9 Å². The van der Waals surface area contributed by atoms with Gasteiger partial charge in [-0.3, -0.25) is 14.5 Å². The maximum absolute atomic E-state index is 14.4. The second kappa shape index (κ2) is 9.91. The minimum absolute atomic E-state index is 0.0355. The van der Waals surface area contributed by atoms with Crippen LogP contribution in [0.15, 0.2) is 47.5 Å². The smallest absolute Gasteiger partial charge is 0.251 e. The second-order valence-corrected chi connectivity index (χ2v) is 9.76. The summed E-state index contributed by atoms with van der Waals surface area (Å²) in [7, 11) is 0. The Morgan fingerprint density at radius 2 is 2.00 bits per heavy atom. The van der Waals surface area contributed by atoms with E-state index in [0.29, 0.717) is 16.5 Å². The number of aliphatic imine (C=N–C) groups is 1. The average Bonchev–Trinajstić information content (AvgIpc) is 2.69. The zero-order valence-corrected chi connectivity index (χ0v) is 20.1. The molecule has 2 atom stereocenters. The number of hydrogen-bond acceptors (Lipinski definition) is 4. The third kappa shape index (κ3) is 6.32. The van der Waals surface area contributed by atoms with Gasteiger partial charge >= 0.3 is 0 Å². The average molecular weight is 473 g/mol. The van der Waals surface area contributed by atoms with Gasteiger partial charge in [0.2, 0.25) is 5.91 Å². The normalized spacial score (nSPS) is 19.4. The SMILES string of the molecule is CC(C)CC1(C)CC(=O)N(Cc2cc(F)cc(C(=O)NC(C)c3cccc(Cl)c3)c2)C(N)=N1. The fourth-order valence-corrected chi connectivity index (χ4v) is 4.49. The summed E-state index contributed by atoms with van der Waals surface area (Å²) in [4.78, 5) is 31.5. The molecule has 2 amide bonds. The largest absolute Gasteiger partial charge is 0.369 e. The number of nitrogens with zero attached hydrogens (tertiary/aromatic N) is 2. The van der Waals surface area contributed by atoms with Crippen LogP contribution in [0.5, 0.6) is 0 Å². The van der Waals surface area contributed by atoms with Crippen molar-refractivity contribution in [1.29, 1.82) is 0 Å². The van der Waals surface area contributed by atoms with Crippen molar-refractivity contribution in [1.82, 2.24) is 10.2 Å². The molecule has 1 aliphatic heterocycles. The minimum atomic E-state index is -0.572. The first kappa shape index (κ1) is 24.7. The van der Waals surface area contributed by atoms with Crippen LogP contribution in [0.4, 0.5) is 4.39 Å². The summed E-state index contributed by atoms with van der Waals surface area (Å²) in [6.07, 6.45) is 0.966. The molecule has 2 aromatic rings. The predicted molar refractivity (Wildman–Crippen MR) is 128 cm³/mol. The van der Waals surface area contributed by atoms with Gasteiger partial charge in [-0.1, -0.05) is 37.6 Å². The highest BCUT2D eigenvalue weighted by atomic mass is 35.5. The molecule has 0 spiro atoms. The topological polar surface area (TPSA) is 87.8 Å². The minimum Gasteiger partial charge on any atom is -0.369 e. The molecule has 0 bridgehead atoms. The molecule has 33 heavy (non-hydrogen) atoms. The van der Waals surface area contributed by atoms with Crippen LogP contribution in [0.1, 0.15) is 68.1 Å². The molecule has 0 saturated carbocycles. The van der Waals surface area contributed by atoms with Gasteiger partial charge < -0.3 is 11.1 Å². The lowest BCUT2D eigenvalue weighted by molar-refractivity contribution is -0.130. The number of halogens is 2. The van der Waals surface area contributed by atoms with Gasteiger partial charge in [-0.05, 0) is 67.6 Å². The third-order valence-electron chi connectivity index (χ3n) is 5.60. The molecule has 2 unspecified atom stereocenters. The number of amides is 2. The molecule has 0 fully saturated rings. The Morgan fingerprint density at radius 1 is 1.27 bits per heavy atom. The van der Waals surface area contributed by atoms with Crippen LogP contribution in [0.25, 0.3) is 0 Å². The van der Waals surface area contributed by atoms with Gasteiger partial charge in [0.15, 0.2) is 5.96 Å². The molecule has 3 rings (SSSR count). The number of nitrogens with one attached hydrogen (secondary N) is 1. The van der Waals surface area contributed by atoms with E-state index in [4.69, 9.17) is 17.3 Å². The van der Waals surface area contributed by atoms with Crippen molar-refractivity contribution >= 4 is 29.4 Å². The summed E-state index contributed by atoms with van der Waals surface area (Å²) in [6.45, 7) is 7.91. The highest BCUT2D eigenvalue weighted by molar-refractivity contribution is 6.30. The maximum Gasteiger partial charge on any atom is 0.251 e. The monoisotopic (exact) mass is 472 g/mol. The lowest BCUT2D eigenvalue weighted by Gasteiger charge is -2.36. The molecular formula is C25H30ClFN4O2. The molecule has 1 heterocycles. The van der Waals surface area contributed by atoms with E-state index in [2.05, 4.69) is 24.2 Å². The van der Waals surface area contributed by atoms with Crippen LogP contribution in [0, 0.1) is 11.7 Å². The van der Waals surface area contributed by atoms with Crippen molar-refractivity contribution < 1.29 is 14.0 Å². The molecule has 8 heteroatoms. The Balaban J connectivity index is 1.77. The Kier molecular flexibility index (Phi) is 7.42. The van der Waals surface area contributed by atoms with Crippen molar-refractivity contribution in [3.8, 4) is 0 Å². The van der Waals surface area contributed by atoms with E-state index in [-0.39, 0.29) is 36.4 Å². The molecule has 176 valence electrons. The van der Waals surface area contributed by atoms with Crippen LogP contribution in [0.2, 0.25) is 5.02 Å².